The lowest BCUT2D eigenvalue weighted by Crippen LogP contribution is -2.45. The van der Waals surface area contributed by atoms with Crippen molar-refractivity contribution in [2.45, 2.75) is 18.6 Å². The van der Waals surface area contributed by atoms with Gasteiger partial charge in [-0.1, -0.05) is 12.1 Å². The molecule has 0 atom stereocenters. The topological polar surface area (TPSA) is 90.0 Å². The van der Waals surface area contributed by atoms with Gasteiger partial charge in [0, 0.05) is 32.1 Å². The molecule has 2 aliphatic heterocycles. The van der Waals surface area contributed by atoms with Crippen molar-refractivity contribution >= 4 is 23.3 Å². The Morgan fingerprint density at radius 3 is 2.59 bits per heavy atom. The smallest absolute Gasteiger partial charge is 0.339 e. The third-order valence-electron chi connectivity index (χ3n) is 5.27. The van der Waals surface area contributed by atoms with Gasteiger partial charge in [0.1, 0.15) is 0 Å². The summed E-state index contributed by atoms with van der Waals surface area (Å²) in [5.41, 5.74) is 1.97. The molecule has 4 rings (SSSR count). The number of hydrogen-bond donors (Lipinski definition) is 1. The molecule has 0 radical (unpaired) electrons. The Kier molecular flexibility index (Phi) is 5.46. The number of aromatic nitrogens is 1. The van der Waals surface area contributed by atoms with Crippen LogP contribution in [-0.4, -0.2) is 56.1 Å². The highest BCUT2D eigenvalue weighted by molar-refractivity contribution is 6.08. The minimum Gasteiger partial charge on any atom is -0.465 e. The van der Waals surface area contributed by atoms with E-state index in [1.807, 2.05) is 0 Å². The van der Waals surface area contributed by atoms with E-state index < -0.39 is 11.8 Å². The van der Waals surface area contributed by atoms with Crippen LogP contribution in [0.2, 0.25) is 0 Å². The van der Waals surface area contributed by atoms with E-state index in [2.05, 4.69) is 15.2 Å². The van der Waals surface area contributed by atoms with E-state index in [0.717, 1.165) is 31.6 Å². The summed E-state index contributed by atoms with van der Waals surface area (Å²) < 4.78 is 16.3. The number of carbonyl (C=O) groups excluding carboxylic acids is 2. The van der Waals surface area contributed by atoms with E-state index in [0.29, 0.717) is 30.0 Å². The third-order valence-corrected chi connectivity index (χ3v) is 5.27. The van der Waals surface area contributed by atoms with Crippen molar-refractivity contribution in [1.29, 1.82) is 0 Å². The molecule has 1 aromatic carbocycles. The summed E-state index contributed by atoms with van der Waals surface area (Å²) in [5, 5.41) is 2.77. The number of pyridine rings is 1. The molecule has 1 amide bonds. The van der Waals surface area contributed by atoms with E-state index in [-0.39, 0.29) is 5.91 Å². The van der Waals surface area contributed by atoms with Crippen LogP contribution in [0.25, 0.3) is 0 Å². The number of nitrogens with zero attached hydrogens (tertiary/aromatic N) is 2. The molecule has 1 N–H and O–H groups in total. The molecule has 152 valence electrons. The van der Waals surface area contributed by atoms with Crippen LogP contribution in [0, 0.1) is 0 Å². The fourth-order valence-corrected chi connectivity index (χ4v) is 3.69. The van der Waals surface area contributed by atoms with Crippen molar-refractivity contribution in [3.63, 3.8) is 0 Å². The molecule has 1 aromatic heterocycles. The molecule has 1 spiro atoms. The molecule has 8 nitrogen and oxygen atoms in total. The monoisotopic (exact) mass is 397 g/mol. The minimum absolute atomic E-state index is 0.297. The number of para-hydroxylation sites is 1. The van der Waals surface area contributed by atoms with Crippen LogP contribution >= 0.6 is 0 Å². The van der Waals surface area contributed by atoms with Gasteiger partial charge in [0.2, 0.25) is 0 Å². The molecule has 0 unspecified atom stereocenters. The van der Waals surface area contributed by atoms with Gasteiger partial charge >= 0.3 is 5.97 Å². The van der Waals surface area contributed by atoms with E-state index in [1.54, 1.807) is 36.5 Å². The van der Waals surface area contributed by atoms with Crippen molar-refractivity contribution in [1.82, 2.24) is 4.98 Å². The summed E-state index contributed by atoms with van der Waals surface area (Å²) >= 11 is 0. The first-order chi connectivity index (χ1) is 14.1. The van der Waals surface area contributed by atoms with E-state index in [1.165, 1.54) is 13.3 Å². The third kappa shape index (κ3) is 4.08. The normalized spacial score (nSPS) is 17.9. The van der Waals surface area contributed by atoms with E-state index in [4.69, 9.17) is 14.2 Å². The van der Waals surface area contributed by atoms with Crippen LogP contribution in [0.15, 0.2) is 42.7 Å². The summed E-state index contributed by atoms with van der Waals surface area (Å²) in [7, 11) is 1.30. The molecule has 2 aromatic rings. The van der Waals surface area contributed by atoms with Crippen LogP contribution in [-0.2, 0) is 14.2 Å². The summed E-state index contributed by atoms with van der Waals surface area (Å²) in [6, 6.07) is 8.52. The number of piperidine rings is 1. The number of benzene rings is 1. The highest BCUT2D eigenvalue weighted by Gasteiger charge is 2.39. The van der Waals surface area contributed by atoms with Crippen molar-refractivity contribution in [2.24, 2.45) is 0 Å². The summed E-state index contributed by atoms with van der Waals surface area (Å²) in [6.45, 7) is 2.81. The number of nitrogens with one attached hydrogen (secondary N) is 1. The van der Waals surface area contributed by atoms with Gasteiger partial charge in [0.05, 0.1) is 49.0 Å². The lowest BCUT2D eigenvalue weighted by atomic mass is 10.0. The molecule has 29 heavy (non-hydrogen) atoms. The average Bonchev–Trinajstić information content (AvgIpc) is 3.22. The van der Waals surface area contributed by atoms with Crippen molar-refractivity contribution in [3.8, 4) is 0 Å². The minimum atomic E-state index is -0.508. The lowest BCUT2D eigenvalue weighted by molar-refractivity contribution is -0.169. The predicted molar refractivity (Wildman–Crippen MR) is 106 cm³/mol. The van der Waals surface area contributed by atoms with Gasteiger partial charge in [0.15, 0.2) is 5.79 Å². The Morgan fingerprint density at radius 1 is 1.14 bits per heavy atom. The van der Waals surface area contributed by atoms with Crippen LogP contribution in [0.4, 0.5) is 11.4 Å². The average molecular weight is 397 g/mol. The fraction of sp³-hybridized carbons (Fsp3) is 0.381. The van der Waals surface area contributed by atoms with Gasteiger partial charge in [0.25, 0.3) is 5.91 Å². The quantitative estimate of drug-likeness (QED) is 0.793. The standard InChI is InChI=1S/C21H23N3O5/c1-27-20(26)17-4-2-3-5-18(17)23-19(25)15-12-16(14-22-13-15)24-8-6-21(7-9-24)28-10-11-29-21/h2-5,12-14H,6-11H2,1H3,(H,23,25). The van der Waals surface area contributed by atoms with Gasteiger partial charge in [-0.3, -0.25) is 9.78 Å². The number of esters is 1. The van der Waals surface area contributed by atoms with Crippen molar-refractivity contribution < 1.29 is 23.8 Å². The second-order valence-electron chi connectivity index (χ2n) is 7.02. The Balaban J connectivity index is 1.47. The number of carbonyl (C=O) groups is 2. The SMILES string of the molecule is COC(=O)c1ccccc1NC(=O)c1cncc(N2CCC3(CC2)OCCO3)c1. The second kappa shape index (κ2) is 8.18. The largest absolute Gasteiger partial charge is 0.465 e. The molecule has 0 bridgehead atoms. The summed E-state index contributed by atoms with van der Waals surface area (Å²) in [5.74, 6) is -1.30. The van der Waals surface area contributed by atoms with Crippen molar-refractivity contribution in [3.05, 3.63) is 53.9 Å². The first-order valence-electron chi connectivity index (χ1n) is 9.57. The Hall–Kier alpha value is -2.97. The molecule has 0 aliphatic carbocycles. The number of hydrogen-bond acceptors (Lipinski definition) is 7. The Bertz CT molecular complexity index is 901. The molecule has 8 heteroatoms. The van der Waals surface area contributed by atoms with Crippen LogP contribution < -0.4 is 10.2 Å². The zero-order valence-electron chi connectivity index (χ0n) is 16.2. The first kappa shape index (κ1) is 19.4. The number of methoxy groups -OCH3 is 1. The number of anilines is 2. The van der Waals surface area contributed by atoms with E-state index in [9.17, 15) is 9.59 Å². The lowest BCUT2D eigenvalue weighted by Gasteiger charge is -2.38. The number of ether oxygens (including phenoxy) is 3. The van der Waals surface area contributed by atoms with Crippen LogP contribution in [0.5, 0.6) is 0 Å². The molecule has 2 saturated heterocycles. The Labute approximate surface area is 168 Å². The summed E-state index contributed by atoms with van der Waals surface area (Å²) in [6.07, 6.45) is 4.80. The number of amides is 1. The highest BCUT2D eigenvalue weighted by atomic mass is 16.7. The van der Waals surface area contributed by atoms with Gasteiger partial charge < -0.3 is 24.4 Å². The van der Waals surface area contributed by atoms with E-state index >= 15 is 0 Å². The van der Waals surface area contributed by atoms with Gasteiger partial charge in [-0.15, -0.1) is 0 Å². The molecule has 0 saturated carbocycles. The molecular formula is C21H23N3O5. The second-order valence-corrected chi connectivity index (χ2v) is 7.02. The zero-order valence-corrected chi connectivity index (χ0v) is 16.2. The van der Waals surface area contributed by atoms with Crippen LogP contribution in [0.3, 0.4) is 0 Å². The van der Waals surface area contributed by atoms with Gasteiger partial charge in [-0.2, -0.15) is 0 Å². The fourth-order valence-electron chi connectivity index (χ4n) is 3.69. The zero-order chi connectivity index (χ0) is 20.3. The molecular weight excluding hydrogens is 374 g/mol. The molecule has 2 fully saturated rings. The maximum Gasteiger partial charge on any atom is 0.339 e. The van der Waals surface area contributed by atoms with Crippen LogP contribution in [0.1, 0.15) is 33.6 Å². The molecule has 2 aliphatic rings. The van der Waals surface area contributed by atoms with Crippen molar-refractivity contribution in [2.75, 3.05) is 43.6 Å². The maximum absolute atomic E-state index is 12.8. The number of rotatable bonds is 4. The maximum atomic E-state index is 12.8. The highest BCUT2D eigenvalue weighted by Crippen LogP contribution is 2.33. The van der Waals surface area contributed by atoms with Gasteiger partial charge in [-0.25, -0.2) is 4.79 Å². The molecule has 3 heterocycles. The first-order valence-corrected chi connectivity index (χ1v) is 9.57. The summed E-state index contributed by atoms with van der Waals surface area (Å²) in [4.78, 5) is 31.1. The Morgan fingerprint density at radius 2 is 1.86 bits per heavy atom. The van der Waals surface area contributed by atoms with Gasteiger partial charge in [-0.05, 0) is 18.2 Å². The predicted octanol–water partition coefficient (Wildman–Crippen LogP) is 2.46.